The van der Waals surface area contributed by atoms with E-state index < -0.39 is 4.92 Å². The number of nitrogens with zero attached hydrogens (tertiary/aromatic N) is 7. The van der Waals surface area contributed by atoms with E-state index in [0.29, 0.717) is 74.7 Å². The van der Waals surface area contributed by atoms with Crippen molar-refractivity contribution in [2.45, 2.75) is 111 Å². The monoisotopic (exact) mass is 924 g/mol. The first-order valence-electron chi connectivity index (χ1n) is 20.2. The molecule has 0 saturated carbocycles. The minimum Gasteiger partial charge on any atom is -0.365 e. The Bertz CT molecular complexity index is 1750. The molecule has 5 aliphatic rings. The number of hydrogen-bond acceptors (Lipinski definition) is 18. The van der Waals surface area contributed by atoms with Gasteiger partial charge in [0, 0.05) is 103 Å². The first-order chi connectivity index (χ1) is 30.0. The Morgan fingerprint density at radius 2 is 1.29 bits per heavy atom. The molecular formula is C41H58Cl2N8O12. The maximum absolute atomic E-state index is 11.5. The van der Waals surface area contributed by atoms with Crippen LogP contribution in [0, 0.1) is 20.2 Å². The molecule has 22 heteroatoms. The molecule has 1 N–H and O–H groups in total. The molecule has 0 radical (unpaired) electrons. The number of carbonyl (C=O) groups excluding carboxylic acids is 4. The number of ether oxygens (including phenoxy) is 4. The second-order valence-electron chi connectivity index (χ2n) is 13.7. The molecule has 4 fully saturated rings. The van der Waals surface area contributed by atoms with Gasteiger partial charge in [-0.05, 0) is 49.9 Å². The zero-order valence-electron chi connectivity index (χ0n) is 34.8. The van der Waals surface area contributed by atoms with Gasteiger partial charge in [0.15, 0.2) is 30.3 Å². The molecule has 0 amide bonds. The molecule has 348 valence electrons. The molecule has 0 spiro atoms. The average Bonchev–Trinajstić information content (AvgIpc) is 4.08. The number of nitro groups is 2. The number of pyridine rings is 2. The minimum atomic E-state index is -0.458. The zero-order valence-corrected chi connectivity index (χ0v) is 36.3. The van der Waals surface area contributed by atoms with Crippen LogP contribution < -0.4 is 5.32 Å². The molecule has 2 aromatic rings. The summed E-state index contributed by atoms with van der Waals surface area (Å²) in [5.74, 6) is 1.25. The molecule has 0 aliphatic carbocycles. The van der Waals surface area contributed by atoms with Crippen LogP contribution in [0.15, 0.2) is 60.2 Å². The fourth-order valence-electron chi connectivity index (χ4n) is 6.61. The number of carbonyl (C=O) groups is 4. The van der Waals surface area contributed by atoms with E-state index in [1.807, 2.05) is 35.8 Å². The Morgan fingerprint density at radius 3 is 1.73 bits per heavy atom. The Kier molecular flexibility index (Phi) is 25.8. The molecule has 4 saturated heterocycles. The molecule has 2 bridgehead atoms. The molecule has 20 nitrogen and oxygen atoms in total. The molecule has 2 unspecified atom stereocenters. The van der Waals surface area contributed by atoms with Crippen LogP contribution >= 0.6 is 23.2 Å². The van der Waals surface area contributed by atoms with Gasteiger partial charge in [0.2, 0.25) is 0 Å². The summed E-state index contributed by atoms with van der Waals surface area (Å²) in [5, 5.41) is 25.8. The van der Waals surface area contributed by atoms with Crippen molar-refractivity contribution < 1.29 is 48.0 Å². The first kappa shape index (κ1) is 54.0. The molecule has 7 rings (SSSR count). The van der Waals surface area contributed by atoms with Crippen LogP contribution in [-0.2, 0) is 51.2 Å². The van der Waals surface area contributed by atoms with E-state index in [-0.39, 0.29) is 43.0 Å². The van der Waals surface area contributed by atoms with Gasteiger partial charge < -0.3 is 58.1 Å². The second kappa shape index (κ2) is 30.1. The van der Waals surface area contributed by atoms with Gasteiger partial charge in [0.25, 0.3) is 6.20 Å². The van der Waals surface area contributed by atoms with Crippen LogP contribution in [0.5, 0.6) is 0 Å². The highest BCUT2D eigenvalue weighted by atomic mass is 35.5. The highest BCUT2D eigenvalue weighted by molar-refractivity contribution is 6.29. The van der Waals surface area contributed by atoms with E-state index in [1.165, 1.54) is 0 Å². The molecule has 0 aromatic carbocycles. The van der Waals surface area contributed by atoms with Crippen molar-refractivity contribution in [3.63, 3.8) is 0 Å². The maximum Gasteiger partial charge on any atom is 0.314 e. The van der Waals surface area contributed by atoms with E-state index in [0.717, 1.165) is 93.6 Å². The normalized spacial score (nSPS) is 20.8. The summed E-state index contributed by atoms with van der Waals surface area (Å²) in [5.41, 5.74) is 2.15. The summed E-state index contributed by atoms with van der Waals surface area (Å²) < 4.78 is 21.7. The Labute approximate surface area is 377 Å². The molecule has 4 atom stereocenters. The standard InChI is InChI=1S/C14H15ClN4O3.C10H11ClN4O2.C8H16O3.2C4H6O2.CH4/c15-11-3-1-9(7-16-11)8-17-5-6-18-12-4-2-10(22-12)13(14(17)18)19(20)21;11-9-2-1-8(5-13-9)6-14-4-3-12-10(14)7-15(16)17;1-3-9-7-5-6-8(11-7)10-4-2;2*5-3-1-2-4-6;/h1,3,7,10,12H,2,4-6,8H2;1-2,5,7,12H,3-4,6H2;7-8H,3-6H2,1-2H3;2*3-4H,1-2H2;1H4/b;10-7+;;;;/t10-,12+;;;;;/m1...../s1. The molecule has 7 heterocycles. The van der Waals surface area contributed by atoms with E-state index in [1.54, 1.807) is 24.5 Å². The maximum atomic E-state index is 11.5. The molecular weight excluding hydrogens is 867 g/mol. The lowest BCUT2D eigenvalue weighted by atomic mass is 10.2. The second-order valence-corrected chi connectivity index (χ2v) is 14.4. The summed E-state index contributed by atoms with van der Waals surface area (Å²) in [6.45, 7) is 9.49. The van der Waals surface area contributed by atoms with Gasteiger partial charge in [-0.1, -0.05) is 42.8 Å². The first-order valence-corrected chi connectivity index (χ1v) is 21.0. The fraction of sp³-hybridized carbons (Fsp3) is 0.561. The molecule has 2 aromatic heterocycles. The Hall–Kier alpha value is -5.12. The number of aromatic nitrogens is 2. The van der Waals surface area contributed by atoms with Crippen LogP contribution in [0.4, 0.5) is 0 Å². The van der Waals surface area contributed by atoms with E-state index in [2.05, 4.69) is 20.2 Å². The zero-order chi connectivity index (χ0) is 45.3. The van der Waals surface area contributed by atoms with E-state index >= 15 is 0 Å². The number of nitrogens with one attached hydrogen (secondary N) is 1. The van der Waals surface area contributed by atoms with Crippen molar-refractivity contribution >= 4 is 48.3 Å². The van der Waals surface area contributed by atoms with Crippen molar-refractivity contribution in [2.24, 2.45) is 0 Å². The highest BCUT2D eigenvalue weighted by Crippen LogP contribution is 2.41. The van der Waals surface area contributed by atoms with Gasteiger partial charge in [-0.2, -0.15) is 0 Å². The van der Waals surface area contributed by atoms with Crippen molar-refractivity contribution in [1.29, 1.82) is 0 Å². The number of unbranched alkanes of at least 4 members (excludes halogenated alkanes) is 2. The van der Waals surface area contributed by atoms with E-state index in [9.17, 15) is 39.4 Å². The predicted molar refractivity (Wildman–Crippen MR) is 232 cm³/mol. The third kappa shape index (κ3) is 18.6. The summed E-state index contributed by atoms with van der Waals surface area (Å²) in [4.78, 5) is 72.8. The average molecular weight is 926 g/mol. The number of fused-ring (bicyclic) bond motifs is 4. The molecule has 63 heavy (non-hydrogen) atoms. The third-order valence-corrected chi connectivity index (χ3v) is 9.74. The van der Waals surface area contributed by atoms with E-state index in [4.69, 9.17) is 42.1 Å². The van der Waals surface area contributed by atoms with Gasteiger partial charge in [0.05, 0.1) is 9.85 Å². The van der Waals surface area contributed by atoms with Gasteiger partial charge in [-0.15, -0.1) is 0 Å². The third-order valence-electron chi connectivity index (χ3n) is 9.29. The minimum absolute atomic E-state index is 0. The predicted octanol–water partition coefficient (Wildman–Crippen LogP) is 5.52. The van der Waals surface area contributed by atoms with Gasteiger partial charge >= 0.3 is 5.70 Å². The van der Waals surface area contributed by atoms with Crippen molar-refractivity contribution in [3.8, 4) is 0 Å². The fourth-order valence-corrected chi connectivity index (χ4v) is 6.83. The number of aldehydes is 4. The van der Waals surface area contributed by atoms with Crippen LogP contribution in [0.1, 0.15) is 83.8 Å². The Morgan fingerprint density at radius 1 is 0.762 bits per heavy atom. The largest absolute Gasteiger partial charge is 0.365 e. The topological polar surface area (TPSA) is 239 Å². The summed E-state index contributed by atoms with van der Waals surface area (Å²) in [7, 11) is 0. The lowest BCUT2D eigenvalue weighted by Crippen LogP contribution is -2.41. The lowest BCUT2D eigenvalue weighted by molar-refractivity contribution is -0.443. The number of halogens is 2. The van der Waals surface area contributed by atoms with Crippen LogP contribution in [0.2, 0.25) is 10.3 Å². The van der Waals surface area contributed by atoms with Gasteiger partial charge in [0.1, 0.15) is 41.7 Å². The van der Waals surface area contributed by atoms with Crippen molar-refractivity contribution in [3.05, 3.63) is 102 Å². The molecule has 5 aliphatic heterocycles. The summed E-state index contributed by atoms with van der Waals surface area (Å²) >= 11 is 11.5. The van der Waals surface area contributed by atoms with Crippen LogP contribution in [-0.4, -0.2) is 124 Å². The van der Waals surface area contributed by atoms with Crippen LogP contribution in [0.25, 0.3) is 0 Å². The number of rotatable bonds is 16. The quantitative estimate of drug-likeness (QED) is 0.0717. The SMILES string of the molecule is C.CCOC1CCC(OCC)O1.O=CCCC=O.O=CCCC=O.O=[N+]([O-])/C=C1\NCCN1Cc1ccc(Cl)nc1.O=[N+]([O-])C1=C2N(Cc3ccc(Cl)nc3)CCN2[C@@H]2CC[C@H]1O2. The summed E-state index contributed by atoms with van der Waals surface area (Å²) in [6, 6.07) is 7.20. The smallest absolute Gasteiger partial charge is 0.314 e. The van der Waals surface area contributed by atoms with Crippen molar-refractivity contribution in [1.82, 2.24) is 30.0 Å². The number of hydrogen-bond donors (Lipinski definition) is 1. The highest BCUT2D eigenvalue weighted by Gasteiger charge is 2.50. The van der Waals surface area contributed by atoms with Crippen molar-refractivity contribution in [2.75, 3.05) is 39.4 Å². The van der Waals surface area contributed by atoms with Gasteiger partial charge in [-0.3, -0.25) is 20.2 Å². The lowest BCUT2D eigenvalue weighted by Gasteiger charge is -2.32. The Balaban J connectivity index is 0.000000296. The summed E-state index contributed by atoms with van der Waals surface area (Å²) in [6.07, 6.45) is 11.8. The van der Waals surface area contributed by atoms with Crippen LogP contribution in [0.3, 0.4) is 0 Å². The van der Waals surface area contributed by atoms with Gasteiger partial charge in [-0.25, -0.2) is 9.97 Å².